The number of fused-ring (bicyclic) bond motifs is 2. The lowest BCUT2D eigenvalue weighted by Gasteiger charge is -2.25. The highest BCUT2D eigenvalue weighted by molar-refractivity contribution is 7.99. The van der Waals surface area contributed by atoms with Gasteiger partial charge in [-0.1, -0.05) is 46.7 Å². The molecule has 0 saturated carbocycles. The quantitative estimate of drug-likeness (QED) is 0.188. The van der Waals surface area contributed by atoms with Gasteiger partial charge in [0.15, 0.2) is 11.6 Å². The van der Waals surface area contributed by atoms with Crippen LogP contribution in [0.4, 0.5) is 22.7 Å². The Kier molecular flexibility index (Phi) is 6.30. The zero-order valence-electron chi connectivity index (χ0n) is 18.5. The fourth-order valence-corrected chi connectivity index (χ4v) is 6.13. The van der Waals surface area contributed by atoms with Crippen molar-refractivity contribution in [1.82, 2.24) is 0 Å². The SMILES string of the molecule is Nc1cc(Sc2ccc(Cl)cc2)c(N)c2c1C(=O)c1c(N)c(Sc3ccc(Cl)cc3)cc(N)c1C2=O. The van der Waals surface area contributed by atoms with Crippen LogP contribution in [0.1, 0.15) is 31.8 Å². The molecule has 0 unspecified atom stereocenters. The molecule has 10 heteroatoms. The first-order valence-electron chi connectivity index (χ1n) is 10.6. The molecule has 5 rings (SSSR count). The number of anilines is 4. The molecule has 0 bridgehead atoms. The topological polar surface area (TPSA) is 138 Å². The Hall–Kier alpha value is -3.30. The number of nitrogen functional groups attached to an aromatic ring is 4. The minimum Gasteiger partial charge on any atom is -0.398 e. The summed E-state index contributed by atoms with van der Waals surface area (Å²) in [5.74, 6) is -0.982. The Bertz CT molecular complexity index is 1450. The Labute approximate surface area is 225 Å². The molecule has 0 amide bonds. The third kappa shape index (κ3) is 4.16. The van der Waals surface area contributed by atoms with Gasteiger partial charge in [0, 0.05) is 41.0 Å². The number of hydrogen-bond acceptors (Lipinski definition) is 8. The second-order valence-electron chi connectivity index (χ2n) is 8.03. The van der Waals surface area contributed by atoms with E-state index >= 15 is 0 Å². The molecule has 0 saturated heterocycles. The Morgan fingerprint density at radius 1 is 0.528 bits per heavy atom. The third-order valence-electron chi connectivity index (χ3n) is 5.71. The summed E-state index contributed by atoms with van der Waals surface area (Å²) in [4.78, 5) is 30.1. The summed E-state index contributed by atoms with van der Waals surface area (Å²) in [6.45, 7) is 0. The maximum absolute atomic E-state index is 13.7. The van der Waals surface area contributed by atoms with Crippen molar-refractivity contribution in [3.63, 3.8) is 0 Å². The van der Waals surface area contributed by atoms with E-state index in [0.29, 0.717) is 19.8 Å². The minimum absolute atomic E-state index is 0.0326. The summed E-state index contributed by atoms with van der Waals surface area (Å²) in [6, 6.07) is 17.5. The average molecular weight is 553 g/mol. The summed E-state index contributed by atoms with van der Waals surface area (Å²) >= 11 is 14.6. The summed E-state index contributed by atoms with van der Waals surface area (Å²) < 4.78 is 0. The minimum atomic E-state index is -0.491. The fraction of sp³-hybridized carbons (Fsp3) is 0. The summed E-state index contributed by atoms with van der Waals surface area (Å²) in [5.41, 5.74) is 26.2. The lowest BCUT2D eigenvalue weighted by Crippen LogP contribution is -2.27. The number of hydrogen-bond donors (Lipinski definition) is 4. The third-order valence-corrected chi connectivity index (χ3v) is 8.35. The zero-order valence-corrected chi connectivity index (χ0v) is 21.6. The number of ketones is 2. The largest absolute Gasteiger partial charge is 0.398 e. The van der Waals surface area contributed by atoms with Crippen molar-refractivity contribution in [3.05, 3.63) is 93.0 Å². The number of rotatable bonds is 4. The highest BCUT2D eigenvalue weighted by Gasteiger charge is 2.38. The smallest absolute Gasteiger partial charge is 0.198 e. The number of halogens is 2. The Morgan fingerprint density at radius 3 is 1.19 bits per heavy atom. The van der Waals surface area contributed by atoms with Gasteiger partial charge in [-0.2, -0.15) is 0 Å². The molecule has 36 heavy (non-hydrogen) atoms. The van der Waals surface area contributed by atoms with Crippen molar-refractivity contribution in [2.45, 2.75) is 19.6 Å². The van der Waals surface area contributed by atoms with Crippen molar-refractivity contribution in [2.75, 3.05) is 22.9 Å². The molecule has 4 aromatic carbocycles. The molecular weight excluding hydrogens is 535 g/mol. The van der Waals surface area contributed by atoms with Gasteiger partial charge in [-0.15, -0.1) is 0 Å². The zero-order chi connectivity index (χ0) is 25.7. The van der Waals surface area contributed by atoms with E-state index < -0.39 is 11.6 Å². The maximum atomic E-state index is 13.7. The van der Waals surface area contributed by atoms with Crippen LogP contribution in [-0.4, -0.2) is 11.6 Å². The molecule has 0 spiro atoms. The van der Waals surface area contributed by atoms with Gasteiger partial charge in [-0.05, 0) is 60.7 Å². The number of carbonyl (C=O) groups is 2. The predicted octanol–water partition coefficient (Wildman–Crippen LogP) is 6.40. The molecule has 0 heterocycles. The van der Waals surface area contributed by atoms with Crippen molar-refractivity contribution in [3.8, 4) is 0 Å². The van der Waals surface area contributed by atoms with Crippen LogP contribution in [0.15, 0.2) is 80.2 Å². The van der Waals surface area contributed by atoms with E-state index in [1.807, 2.05) is 24.3 Å². The van der Waals surface area contributed by atoms with Gasteiger partial charge in [0.05, 0.1) is 33.6 Å². The first-order valence-corrected chi connectivity index (χ1v) is 12.9. The second kappa shape index (κ2) is 9.29. The van der Waals surface area contributed by atoms with Crippen molar-refractivity contribution >= 4 is 81.0 Å². The molecule has 0 aromatic heterocycles. The van der Waals surface area contributed by atoms with Crippen LogP contribution in [0.5, 0.6) is 0 Å². The van der Waals surface area contributed by atoms with Crippen LogP contribution < -0.4 is 22.9 Å². The van der Waals surface area contributed by atoms with Gasteiger partial charge < -0.3 is 22.9 Å². The molecule has 6 nitrogen and oxygen atoms in total. The fourth-order valence-electron chi connectivity index (χ4n) is 4.03. The van der Waals surface area contributed by atoms with Gasteiger partial charge in [-0.3, -0.25) is 9.59 Å². The lowest BCUT2D eigenvalue weighted by atomic mass is 9.81. The van der Waals surface area contributed by atoms with E-state index in [1.54, 1.807) is 36.4 Å². The van der Waals surface area contributed by atoms with Crippen LogP contribution in [0, 0.1) is 0 Å². The van der Waals surface area contributed by atoms with E-state index in [4.69, 9.17) is 46.1 Å². The highest BCUT2D eigenvalue weighted by Crippen LogP contribution is 2.46. The van der Waals surface area contributed by atoms with Crippen LogP contribution in [0.3, 0.4) is 0 Å². The van der Waals surface area contributed by atoms with E-state index in [9.17, 15) is 9.59 Å². The van der Waals surface area contributed by atoms with Crippen molar-refractivity contribution < 1.29 is 9.59 Å². The van der Waals surface area contributed by atoms with Gasteiger partial charge in [0.25, 0.3) is 0 Å². The van der Waals surface area contributed by atoms with Gasteiger partial charge in [0.1, 0.15) is 0 Å². The van der Waals surface area contributed by atoms with E-state index in [-0.39, 0.29) is 45.0 Å². The summed E-state index contributed by atoms with van der Waals surface area (Å²) in [6.07, 6.45) is 0. The van der Waals surface area contributed by atoms with Gasteiger partial charge in [0.2, 0.25) is 0 Å². The molecule has 1 aliphatic rings. The van der Waals surface area contributed by atoms with Crippen LogP contribution in [0.2, 0.25) is 10.0 Å². The number of benzene rings is 4. The van der Waals surface area contributed by atoms with Crippen molar-refractivity contribution in [1.29, 1.82) is 0 Å². The molecule has 0 atom stereocenters. The first kappa shape index (κ1) is 24.4. The maximum Gasteiger partial charge on any atom is 0.198 e. The molecule has 4 aromatic rings. The number of carbonyl (C=O) groups excluding carboxylic acids is 2. The van der Waals surface area contributed by atoms with E-state index in [2.05, 4.69) is 0 Å². The summed E-state index contributed by atoms with van der Waals surface area (Å²) in [7, 11) is 0. The highest BCUT2D eigenvalue weighted by atomic mass is 35.5. The number of nitrogens with two attached hydrogens (primary N) is 4. The molecule has 180 valence electrons. The van der Waals surface area contributed by atoms with E-state index in [0.717, 1.165) is 9.79 Å². The van der Waals surface area contributed by atoms with Crippen LogP contribution in [-0.2, 0) is 0 Å². The Morgan fingerprint density at radius 2 is 0.861 bits per heavy atom. The summed E-state index contributed by atoms with van der Waals surface area (Å²) in [5, 5.41) is 1.19. The van der Waals surface area contributed by atoms with Crippen molar-refractivity contribution in [2.24, 2.45) is 0 Å². The average Bonchev–Trinajstić information content (AvgIpc) is 2.84. The predicted molar refractivity (Wildman–Crippen MR) is 149 cm³/mol. The lowest BCUT2D eigenvalue weighted by molar-refractivity contribution is 0.0981. The van der Waals surface area contributed by atoms with Crippen LogP contribution >= 0.6 is 46.7 Å². The molecule has 0 aliphatic heterocycles. The Balaban J connectivity index is 1.61. The van der Waals surface area contributed by atoms with Gasteiger partial charge in [-0.25, -0.2) is 0 Å². The van der Waals surface area contributed by atoms with Crippen LogP contribution in [0.25, 0.3) is 0 Å². The van der Waals surface area contributed by atoms with Gasteiger partial charge >= 0.3 is 0 Å². The molecule has 0 radical (unpaired) electrons. The standard InChI is InChI=1S/C26H18Cl2N4O2S2/c27-11-1-5-13(6-2-11)35-17-9-15(29)19-21(23(17)31)25(33)20-16(30)10-18(24(32)22(20)26(19)34)36-14-7-3-12(28)4-8-14/h1-10H,29-32H2. The molecular formula is C26H18Cl2N4O2S2. The molecule has 8 N–H and O–H groups in total. The second-order valence-corrected chi connectivity index (χ2v) is 11.1. The molecule has 1 aliphatic carbocycles. The van der Waals surface area contributed by atoms with E-state index in [1.165, 1.54) is 23.5 Å². The monoisotopic (exact) mass is 552 g/mol. The first-order chi connectivity index (χ1) is 17.2. The molecule has 0 fully saturated rings. The normalized spacial score (nSPS) is 12.4.